The third-order valence-electron chi connectivity index (χ3n) is 7.62. The summed E-state index contributed by atoms with van der Waals surface area (Å²) in [5.41, 5.74) is 4.14. The number of nitrogens with one attached hydrogen (secondary N) is 2. The number of halogens is 2. The molecule has 0 unspecified atom stereocenters. The SMILES string of the molecule is O=C(Nc1cccc2c1N(Cc1ccc(OC3CCNCC3)cc1)CCC2)c1cc2ccccc2n1C(F)F. The van der Waals surface area contributed by atoms with E-state index < -0.39 is 12.5 Å². The van der Waals surface area contributed by atoms with E-state index in [0.717, 1.165) is 72.4 Å². The van der Waals surface area contributed by atoms with Crippen molar-refractivity contribution in [1.82, 2.24) is 9.88 Å². The number of carbonyl (C=O) groups is 1. The van der Waals surface area contributed by atoms with E-state index in [4.69, 9.17) is 4.74 Å². The Hall–Kier alpha value is -3.91. The van der Waals surface area contributed by atoms with Crippen LogP contribution in [0.5, 0.6) is 5.75 Å². The second-order valence-electron chi connectivity index (χ2n) is 10.2. The molecule has 2 N–H and O–H groups in total. The largest absolute Gasteiger partial charge is 0.490 e. The molecule has 0 spiro atoms. The number of hydrogen-bond donors (Lipinski definition) is 2. The molecule has 1 fully saturated rings. The number of nitrogens with zero attached hydrogens (tertiary/aromatic N) is 2. The van der Waals surface area contributed by atoms with Crippen LogP contribution in [0.3, 0.4) is 0 Å². The molecule has 6 nitrogen and oxygen atoms in total. The standard InChI is InChI=1S/C31H32F2N4O2/c32-31(33)37-27-9-2-1-5-23(27)19-28(37)30(38)35-26-8-3-6-22-7-4-18-36(29(22)26)20-21-10-12-24(13-11-21)39-25-14-16-34-17-15-25/h1-3,5-6,8-13,19,25,31,34H,4,7,14-18,20H2,(H,35,38). The molecule has 3 heterocycles. The molecule has 39 heavy (non-hydrogen) atoms. The number of ether oxygens (including phenoxy) is 1. The van der Waals surface area contributed by atoms with E-state index in [-0.39, 0.29) is 11.8 Å². The van der Waals surface area contributed by atoms with E-state index in [0.29, 0.717) is 23.1 Å². The number of para-hydroxylation sites is 2. The van der Waals surface area contributed by atoms with E-state index in [2.05, 4.69) is 33.7 Å². The Morgan fingerprint density at radius 1 is 1.03 bits per heavy atom. The van der Waals surface area contributed by atoms with E-state index >= 15 is 0 Å². The molecule has 2 aliphatic heterocycles. The topological polar surface area (TPSA) is 58.5 Å². The molecule has 0 bridgehead atoms. The third-order valence-corrected chi connectivity index (χ3v) is 7.62. The molecule has 0 aliphatic carbocycles. The Labute approximate surface area is 226 Å². The first kappa shape index (κ1) is 25.4. The van der Waals surface area contributed by atoms with Crippen molar-refractivity contribution < 1.29 is 18.3 Å². The number of amides is 1. The lowest BCUT2D eigenvalue weighted by Gasteiger charge is -2.33. The highest BCUT2D eigenvalue weighted by Gasteiger charge is 2.25. The molecule has 8 heteroatoms. The summed E-state index contributed by atoms with van der Waals surface area (Å²) in [6, 6.07) is 22.4. The van der Waals surface area contributed by atoms with Crippen LogP contribution < -0.4 is 20.3 Å². The highest BCUT2D eigenvalue weighted by Crippen LogP contribution is 2.36. The third kappa shape index (κ3) is 5.34. The van der Waals surface area contributed by atoms with Gasteiger partial charge in [0, 0.05) is 18.5 Å². The quantitative estimate of drug-likeness (QED) is 0.292. The average Bonchev–Trinajstić information content (AvgIpc) is 3.35. The zero-order chi connectivity index (χ0) is 26.8. The van der Waals surface area contributed by atoms with Gasteiger partial charge in [-0.1, -0.05) is 42.5 Å². The first-order valence-electron chi connectivity index (χ1n) is 13.6. The fourth-order valence-electron chi connectivity index (χ4n) is 5.74. The van der Waals surface area contributed by atoms with Crippen molar-refractivity contribution in [2.45, 2.75) is 44.9 Å². The number of anilines is 2. The van der Waals surface area contributed by atoms with Crippen LogP contribution in [0.4, 0.5) is 20.2 Å². The molecule has 4 aromatic rings. The minimum Gasteiger partial charge on any atom is -0.490 e. The molecule has 6 rings (SSSR count). The Bertz CT molecular complexity index is 1460. The lowest BCUT2D eigenvalue weighted by molar-refractivity contribution is 0.0691. The number of aromatic nitrogens is 1. The van der Waals surface area contributed by atoms with Gasteiger partial charge >= 0.3 is 6.55 Å². The van der Waals surface area contributed by atoms with Gasteiger partial charge in [0.05, 0.1) is 16.9 Å². The number of hydrogen-bond acceptors (Lipinski definition) is 4. The van der Waals surface area contributed by atoms with Gasteiger partial charge in [-0.15, -0.1) is 0 Å². The maximum Gasteiger partial charge on any atom is 0.319 e. The van der Waals surface area contributed by atoms with Gasteiger partial charge in [-0.2, -0.15) is 8.78 Å². The molecule has 3 aromatic carbocycles. The van der Waals surface area contributed by atoms with Crippen LogP contribution in [0.2, 0.25) is 0 Å². The molecule has 202 valence electrons. The van der Waals surface area contributed by atoms with Gasteiger partial charge in [0.2, 0.25) is 0 Å². The minimum absolute atomic E-state index is 0.0597. The van der Waals surface area contributed by atoms with Gasteiger partial charge in [0.1, 0.15) is 17.5 Å². The van der Waals surface area contributed by atoms with Crippen molar-refractivity contribution in [2.75, 3.05) is 29.9 Å². The molecule has 0 radical (unpaired) electrons. The van der Waals surface area contributed by atoms with Crippen LogP contribution in [0.25, 0.3) is 10.9 Å². The maximum atomic E-state index is 14.0. The molecule has 2 aliphatic rings. The van der Waals surface area contributed by atoms with Gasteiger partial charge in [-0.25, -0.2) is 0 Å². The summed E-state index contributed by atoms with van der Waals surface area (Å²) in [5.74, 6) is 0.330. The van der Waals surface area contributed by atoms with Crippen molar-refractivity contribution in [3.63, 3.8) is 0 Å². The van der Waals surface area contributed by atoms with Crippen LogP contribution in [0, 0.1) is 0 Å². The van der Waals surface area contributed by atoms with E-state index in [1.54, 1.807) is 24.3 Å². The van der Waals surface area contributed by atoms with Crippen LogP contribution in [0.15, 0.2) is 72.8 Å². The Kier molecular flexibility index (Phi) is 7.20. The van der Waals surface area contributed by atoms with Gasteiger partial charge in [0.15, 0.2) is 0 Å². The number of rotatable bonds is 7. The fraction of sp³-hybridized carbons (Fsp3) is 0.323. The van der Waals surface area contributed by atoms with Gasteiger partial charge in [-0.3, -0.25) is 9.36 Å². The zero-order valence-electron chi connectivity index (χ0n) is 21.7. The highest BCUT2D eigenvalue weighted by molar-refractivity contribution is 6.08. The molecule has 1 aromatic heterocycles. The van der Waals surface area contributed by atoms with Crippen LogP contribution >= 0.6 is 0 Å². The summed E-state index contributed by atoms with van der Waals surface area (Å²) in [4.78, 5) is 15.6. The number of alkyl halides is 2. The lowest BCUT2D eigenvalue weighted by Crippen LogP contribution is -2.34. The summed E-state index contributed by atoms with van der Waals surface area (Å²) in [6.45, 7) is 0.657. The monoisotopic (exact) mass is 530 g/mol. The molecular weight excluding hydrogens is 498 g/mol. The fourth-order valence-corrected chi connectivity index (χ4v) is 5.74. The first-order valence-corrected chi connectivity index (χ1v) is 13.6. The summed E-state index contributed by atoms with van der Waals surface area (Å²) in [7, 11) is 0. The van der Waals surface area contributed by atoms with Crippen molar-refractivity contribution in [2.24, 2.45) is 0 Å². The van der Waals surface area contributed by atoms with Gasteiger partial charge < -0.3 is 20.3 Å². The van der Waals surface area contributed by atoms with Crippen molar-refractivity contribution >= 4 is 28.2 Å². The molecule has 0 saturated carbocycles. The molecule has 0 atom stereocenters. The highest BCUT2D eigenvalue weighted by atomic mass is 19.3. The second-order valence-corrected chi connectivity index (χ2v) is 10.2. The summed E-state index contributed by atoms with van der Waals surface area (Å²) >= 11 is 0. The molecule has 1 saturated heterocycles. The number of carbonyl (C=O) groups excluding carboxylic acids is 1. The van der Waals surface area contributed by atoms with Crippen molar-refractivity contribution in [3.8, 4) is 5.75 Å². The normalized spacial score (nSPS) is 15.9. The smallest absolute Gasteiger partial charge is 0.319 e. The van der Waals surface area contributed by atoms with E-state index in [9.17, 15) is 13.6 Å². The Balaban J connectivity index is 1.23. The first-order chi connectivity index (χ1) is 19.1. The van der Waals surface area contributed by atoms with Crippen molar-refractivity contribution in [1.29, 1.82) is 0 Å². The average molecular weight is 531 g/mol. The molecule has 1 amide bonds. The van der Waals surface area contributed by atoms with E-state index in [1.165, 1.54) is 6.07 Å². The molecular formula is C31H32F2N4O2. The second kappa shape index (κ2) is 11.1. The van der Waals surface area contributed by atoms with Gasteiger partial charge in [0.25, 0.3) is 5.91 Å². The number of fused-ring (bicyclic) bond motifs is 2. The Morgan fingerprint density at radius 2 is 1.82 bits per heavy atom. The van der Waals surface area contributed by atoms with Crippen LogP contribution in [-0.4, -0.2) is 36.2 Å². The summed E-state index contributed by atoms with van der Waals surface area (Å²) in [6.07, 6.45) is 4.18. The zero-order valence-corrected chi connectivity index (χ0v) is 21.7. The van der Waals surface area contributed by atoms with Crippen LogP contribution in [0.1, 0.15) is 47.4 Å². The van der Waals surface area contributed by atoms with E-state index in [1.807, 2.05) is 24.3 Å². The predicted molar refractivity (Wildman–Crippen MR) is 150 cm³/mol. The number of aryl methyl sites for hydroxylation is 1. The minimum atomic E-state index is -2.83. The lowest BCUT2D eigenvalue weighted by atomic mass is 9.99. The Morgan fingerprint density at radius 3 is 2.62 bits per heavy atom. The summed E-state index contributed by atoms with van der Waals surface area (Å²) < 4.78 is 34.9. The van der Waals surface area contributed by atoms with Crippen molar-refractivity contribution in [3.05, 3.63) is 89.6 Å². The predicted octanol–water partition coefficient (Wildman–Crippen LogP) is 6.37. The number of piperidine rings is 1. The van der Waals surface area contributed by atoms with Crippen LogP contribution in [-0.2, 0) is 13.0 Å². The number of benzene rings is 3. The maximum absolute atomic E-state index is 14.0. The van der Waals surface area contributed by atoms with Gasteiger partial charge in [-0.05, 0) is 80.2 Å². The summed E-state index contributed by atoms with van der Waals surface area (Å²) in [5, 5.41) is 6.91.